The van der Waals surface area contributed by atoms with Crippen molar-refractivity contribution in [2.45, 2.75) is 11.3 Å². The van der Waals surface area contributed by atoms with Crippen molar-refractivity contribution in [2.75, 3.05) is 18.2 Å². The van der Waals surface area contributed by atoms with Crippen LogP contribution in [0.25, 0.3) is 0 Å². The van der Waals surface area contributed by atoms with E-state index < -0.39 is 0 Å². The van der Waals surface area contributed by atoms with Gasteiger partial charge in [0.15, 0.2) is 5.13 Å². The van der Waals surface area contributed by atoms with Gasteiger partial charge < -0.3 is 10.1 Å². The summed E-state index contributed by atoms with van der Waals surface area (Å²) in [7, 11) is 1.62. The van der Waals surface area contributed by atoms with Crippen molar-refractivity contribution in [1.82, 2.24) is 4.98 Å². The number of hydrogen-bond acceptors (Lipinski definition) is 5. The first-order valence-corrected chi connectivity index (χ1v) is 10.5. The van der Waals surface area contributed by atoms with Gasteiger partial charge in [-0.25, -0.2) is 4.98 Å². The second kappa shape index (κ2) is 9.46. The van der Waals surface area contributed by atoms with Crippen LogP contribution in [0.2, 0.25) is 10.0 Å². The standard InChI is InChI=1S/C19H16Cl2N2O2S2/c1-25-14-3-5-15(6-4-14)26-11-18(24)23-19-22-10-16(27-19)9-12-8-13(20)2-7-17(12)21/h2-8,10H,9,11H2,1H3,(H,22,23,24). The summed E-state index contributed by atoms with van der Waals surface area (Å²) in [5, 5.41) is 4.71. The molecule has 0 radical (unpaired) electrons. The molecule has 140 valence electrons. The minimum absolute atomic E-state index is 0.0995. The van der Waals surface area contributed by atoms with Crippen LogP contribution in [0.5, 0.6) is 5.75 Å². The fourth-order valence-electron chi connectivity index (χ4n) is 2.29. The fourth-order valence-corrected chi connectivity index (χ4v) is 4.22. The maximum atomic E-state index is 12.1. The number of rotatable bonds is 7. The molecule has 0 spiro atoms. The molecule has 0 aliphatic heterocycles. The van der Waals surface area contributed by atoms with Gasteiger partial charge in [-0.2, -0.15) is 0 Å². The van der Waals surface area contributed by atoms with Gasteiger partial charge in [0.25, 0.3) is 0 Å². The Morgan fingerprint density at radius 3 is 2.74 bits per heavy atom. The molecule has 0 unspecified atom stereocenters. The average Bonchev–Trinajstić information content (AvgIpc) is 3.10. The highest BCUT2D eigenvalue weighted by Gasteiger charge is 2.10. The third-order valence-corrected chi connectivity index (χ3v) is 6.13. The zero-order chi connectivity index (χ0) is 19.2. The van der Waals surface area contributed by atoms with Gasteiger partial charge in [0.05, 0.1) is 12.9 Å². The average molecular weight is 439 g/mol. The smallest absolute Gasteiger partial charge is 0.236 e. The van der Waals surface area contributed by atoms with E-state index in [1.165, 1.54) is 23.1 Å². The van der Waals surface area contributed by atoms with E-state index >= 15 is 0 Å². The highest BCUT2D eigenvalue weighted by Crippen LogP contribution is 2.27. The number of amides is 1. The number of halogens is 2. The van der Waals surface area contributed by atoms with Gasteiger partial charge >= 0.3 is 0 Å². The van der Waals surface area contributed by atoms with Gasteiger partial charge in [-0.1, -0.05) is 23.2 Å². The predicted octanol–water partition coefficient (Wildman–Crippen LogP) is 5.78. The van der Waals surface area contributed by atoms with E-state index in [9.17, 15) is 4.79 Å². The van der Waals surface area contributed by atoms with Crippen molar-refractivity contribution in [2.24, 2.45) is 0 Å². The van der Waals surface area contributed by atoms with Gasteiger partial charge in [0.1, 0.15) is 5.75 Å². The Hall–Kier alpha value is -1.73. The third-order valence-electron chi connectivity index (χ3n) is 3.60. The maximum absolute atomic E-state index is 12.1. The maximum Gasteiger partial charge on any atom is 0.236 e. The summed E-state index contributed by atoms with van der Waals surface area (Å²) in [6.45, 7) is 0. The molecule has 0 saturated heterocycles. The number of benzene rings is 2. The Labute approximate surface area is 175 Å². The molecule has 3 aromatic rings. The largest absolute Gasteiger partial charge is 0.497 e. The number of methoxy groups -OCH3 is 1. The van der Waals surface area contributed by atoms with Gasteiger partial charge in [0, 0.05) is 32.4 Å². The molecule has 1 aromatic heterocycles. The molecule has 0 atom stereocenters. The monoisotopic (exact) mass is 438 g/mol. The fraction of sp³-hybridized carbons (Fsp3) is 0.158. The molecule has 0 bridgehead atoms. The van der Waals surface area contributed by atoms with Crippen molar-refractivity contribution >= 4 is 57.3 Å². The van der Waals surface area contributed by atoms with Crippen LogP contribution in [0, 0.1) is 0 Å². The van der Waals surface area contributed by atoms with Gasteiger partial charge in [-0.3, -0.25) is 4.79 Å². The molecular formula is C19H16Cl2N2O2S2. The minimum atomic E-state index is -0.0995. The number of carbonyl (C=O) groups excluding carboxylic acids is 1. The molecule has 27 heavy (non-hydrogen) atoms. The first kappa shape index (κ1) is 20.0. The zero-order valence-electron chi connectivity index (χ0n) is 14.4. The number of aromatic nitrogens is 1. The highest BCUT2D eigenvalue weighted by atomic mass is 35.5. The number of nitrogens with one attached hydrogen (secondary N) is 1. The Bertz CT molecular complexity index is 930. The quantitative estimate of drug-likeness (QED) is 0.474. The predicted molar refractivity (Wildman–Crippen MR) is 114 cm³/mol. The SMILES string of the molecule is COc1ccc(SCC(=O)Nc2ncc(Cc3cc(Cl)ccc3Cl)s2)cc1. The lowest BCUT2D eigenvalue weighted by atomic mass is 10.1. The van der Waals surface area contributed by atoms with Crippen LogP contribution in [0.3, 0.4) is 0 Å². The lowest BCUT2D eigenvalue weighted by Crippen LogP contribution is -2.13. The van der Waals surface area contributed by atoms with E-state index in [1.807, 2.05) is 30.3 Å². The van der Waals surface area contributed by atoms with Crippen LogP contribution in [-0.2, 0) is 11.2 Å². The molecular weight excluding hydrogens is 423 g/mol. The first-order chi connectivity index (χ1) is 13.0. The Morgan fingerprint density at radius 1 is 1.22 bits per heavy atom. The molecule has 1 amide bonds. The minimum Gasteiger partial charge on any atom is -0.497 e. The molecule has 2 aromatic carbocycles. The molecule has 8 heteroatoms. The molecule has 0 aliphatic carbocycles. The van der Waals surface area contributed by atoms with Crippen molar-refractivity contribution in [3.8, 4) is 5.75 Å². The van der Waals surface area contributed by atoms with Crippen molar-refractivity contribution in [1.29, 1.82) is 0 Å². The lowest BCUT2D eigenvalue weighted by molar-refractivity contribution is -0.113. The van der Waals surface area contributed by atoms with Crippen LogP contribution in [0.1, 0.15) is 10.4 Å². The Balaban J connectivity index is 1.53. The van der Waals surface area contributed by atoms with Crippen molar-refractivity contribution in [3.63, 3.8) is 0 Å². The molecule has 1 heterocycles. The third kappa shape index (κ3) is 5.87. The number of carbonyl (C=O) groups is 1. The van der Waals surface area contributed by atoms with E-state index in [-0.39, 0.29) is 5.91 Å². The normalized spacial score (nSPS) is 10.6. The van der Waals surface area contributed by atoms with Gasteiger partial charge in [0.2, 0.25) is 5.91 Å². The van der Waals surface area contributed by atoms with Crippen LogP contribution in [-0.4, -0.2) is 23.8 Å². The van der Waals surface area contributed by atoms with Gasteiger partial charge in [-0.05, 0) is 48.0 Å². The second-order valence-electron chi connectivity index (χ2n) is 5.56. The van der Waals surface area contributed by atoms with E-state index in [0.717, 1.165) is 21.1 Å². The van der Waals surface area contributed by atoms with Crippen LogP contribution in [0.15, 0.2) is 53.6 Å². The number of nitrogens with zero attached hydrogens (tertiary/aromatic N) is 1. The summed E-state index contributed by atoms with van der Waals surface area (Å²) in [5.41, 5.74) is 0.931. The molecule has 1 N–H and O–H groups in total. The second-order valence-corrected chi connectivity index (χ2v) is 8.56. The molecule has 0 fully saturated rings. The lowest BCUT2D eigenvalue weighted by Gasteiger charge is -2.04. The summed E-state index contributed by atoms with van der Waals surface area (Å²) >= 11 is 15.1. The Kier molecular flexibility index (Phi) is 7.01. The topological polar surface area (TPSA) is 51.2 Å². The summed E-state index contributed by atoms with van der Waals surface area (Å²) in [5.74, 6) is 0.998. The summed E-state index contributed by atoms with van der Waals surface area (Å²) in [6.07, 6.45) is 2.36. The summed E-state index contributed by atoms with van der Waals surface area (Å²) in [4.78, 5) is 18.4. The van der Waals surface area contributed by atoms with Crippen LogP contribution in [0.4, 0.5) is 5.13 Å². The molecule has 4 nitrogen and oxygen atoms in total. The zero-order valence-corrected chi connectivity index (χ0v) is 17.5. The number of ether oxygens (including phenoxy) is 1. The van der Waals surface area contributed by atoms with Gasteiger partial charge in [-0.15, -0.1) is 23.1 Å². The first-order valence-electron chi connectivity index (χ1n) is 7.99. The van der Waals surface area contributed by atoms with E-state index in [4.69, 9.17) is 27.9 Å². The van der Waals surface area contributed by atoms with Crippen LogP contribution >= 0.6 is 46.3 Å². The molecule has 0 saturated carbocycles. The number of thiazole rings is 1. The Morgan fingerprint density at radius 2 is 2.00 bits per heavy atom. The molecule has 3 rings (SSSR count). The highest BCUT2D eigenvalue weighted by molar-refractivity contribution is 8.00. The number of thioether (sulfide) groups is 1. The number of anilines is 1. The summed E-state index contributed by atoms with van der Waals surface area (Å²) < 4.78 is 5.12. The van der Waals surface area contributed by atoms with E-state index in [2.05, 4.69) is 10.3 Å². The summed E-state index contributed by atoms with van der Waals surface area (Å²) in [6, 6.07) is 13.0. The number of hydrogen-bond donors (Lipinski definition) is 1. The van der Waals surface area contributed by atoms with Crippen molar-refractivity contribution in [3.05, 3.63) is 69.1 Å². The molecule has 0 aliphatic rings. The van der Waals surface area contributed by atoms with Crippen LogP contribution < -0.4 is 10.1 Å². The van der Waals surface area contributed by atoms with E-state index in [0.29, 0.717) is 27.4 Å². The van der Waals surface area contributed by atoms with Crippen molar-refractivity contribution < 1.29 is 9.53 Å². The van der Waals surface area contributed by atoms with E-state index in [1.54, 1.807) is 25.4 Å².